The standard InChI is InChI=1S/C44H31N3/c1-44(2)39-19-10-9-18-35(39)38-27-37-33(26-40(38)44)23-21-28-20-22-32(25-36(28)37)31-16-11-17-34(24-31)43-46-41(29-12-5-3-6-13-29)45-42(47-43)30-14-7-4-8-15-30/h3-27H,1-2H3. The number of nitrogens with zero attached hydrogens (tertiary/aromatic N) is 3. The summed E-state index contributed by atoms with van der Waals surface area (Å²) in [5, 5.41) is 5.05. The maximum absolute atomic E-state index is 4.97. The average molecular weight is 602 g/mol. The van der Waals surface area contributed by atoms with Gasteiger partial charge in [-0.1, -0.05) is 141 Å². The van der Waals surface area contributed by atoms with Crippen molar-refractivity contribution in [3.8, 4) is 56.4 Å². The molecule has 0 amide bonds. The van der Waals surface area contributed by atoms with Gasteiger partial charge >= 0.3 is 0 Å². The summed E-state index contributed by atoms with van der Waals surface area (Å²) >= 11 is 0. The van der Waals surface area contributed by atoms with E-state index in [0.29, 0.717) is 17.5 Å². The van der Waals surface area contributed by atoms with Gasteiger partial charge in [0.2, 0.25) is 0 Å². The Kier molecular flexibility index (Phi) is 6.16. The van der Waals surface area contributed by atoms with E-state index in [4.69, 9.17) is 15.0 Å². The fraction of sp³-hybridized carbons (Fsp3) is 0.0682. The summed E-state index contributed by atoms with van der Waals surface area (Å²) < 4.78 is 0. The molecule has 0 fully saturated rings. The van der Waals surface area contributed by atoms with Gasteiger partial charge in [0.25, 0.3) is 0 Å². The van der Waals surface area contributed by atoms with Crippen molar-refractivity contribution in [2.75, 3.05) is 0 Å². The fourth-order valence-electron chi connectivity index (χ4n) is 7.21. The molecular weight excluding hydrogens is 571 g/mol. The van der Waals surface area contributed by atoms with Crippen LogP contribution in [0, 0.1) is 0 Å². The molecule has 222 valence electrons. The SMILES string of the molecule is CC1(C)c2ccccc2-c2cc3c(ccc4ccc(-c5cccc(-c6nc(-c7ccccc7)nc(-c7ccccc7)n6)c5)cc43)cc21. The van der Waals surface area contributed by atoms with E-state index >= 15 is 0 Å². The molecule has 47 heavy (non-hydrogen) atoms. The van der Waals surface area contributed by atoms with Crippen LogP contribution in [-0.4, -0.2) is 15.0 Å². The van der Waals surface area contributed by atoms with Crippen LogP contribution in [-0.2, 0) is 5.41 Å². The molecule has 0 saturated heterocycles. The van der Waals surface area contributed by atoms with Crippen molar-refractivity contribution >= 4 is 21.5 Å². The highest BCUT2D eigenvalue weighted by Crippen LogP contribution is 2.50. The second kappa shape index (κ2) is 10.6. The average Bonchev–Trinajstić information content (AvgIpc) is 3.36. The molecule has 0 aliphatic heterocycles. The minimum absolute atomic E-state index is 0.0207. The first-order valence-electron chi connectivity index (χ1n) is 16.1. The zero-order valence-corrected chi connectivity index (χ0v) is 26.3. The molecule has 3 nitrogen and oxygen atoms in total. The van der Waals surface area contributed by atoms with Crippen LogP contribution in [0.25, 0.3) is 78.0 Å². The van der Waals surface area contributed by atoms with Crippen LogP contribution in [0.1, 0.15) is 25.0 Å². The summed E-state index contributed by atoms with van der Waals surface area (Å²) in [5.74, 6) is 1.98. The van der Waals surface area contributed by atoms with E-state index in [0.717, 1.165) is 27.8 Å². The Hall–Kier alpha value is -5.93. The Morgan fingerprint density at radius 1 is 0.362 bits per heavy atom. The molecule has 1 aliphatic carbocycles. The number of benzene rings is 7. The second-order valence-corrected chi connectivity index (χ2v) is 12.9. The molecule has 0 radical (unpaired) electrons. The molecule has 9 rings (SSSR count). The topological polar surface area (TPSA) is 38.7 Å². The lowest BCUT2D eigenvalue weighted by molar-refractivity contribution is 0.661. The lowest BCUT2D eigenvalue weighted by atomic mass is 9.81. The highest BCUT2D eigenvalue weighted by atomic mass is 15.0. The van der Waals surface area contributed by atoms with Crippen LogP contribution in [0.5, 0.6) is 0 Å². The van der Waals surface area contributed by atoms with Crippen LogP contribution < -0.4 is 0 Å². The third-order valence-corrected chi connectivity index (χ3v) is 9.69. The van der Waals surface area contributed by atoms with Crippen LogP contribution in [0.3, 0.4) is 0 Å². The van der Waals surface area contributed by atoms with Crippen LogP contribution in [0.4, 0.5) is 0 Å². The van der Waals surface area contributed by atoms with Crippen LogP contribution >= 0.6 is 0 Å². The summed E-state index contributed by atoms with van der Waals surface area (Å²) in [6, 6.07) is 53.8. The maximum Gasteiger partial charge on any atom is 0.164 e. The maximum atomic E-state index is 4.97. The summed E-state index contributed by atoms with van der Waals surface area (Å²) in [4.78, 5) is 14.8. The predicted octanol–water partition coefficient (Wildman–Crippen LogP) is 11.2. The van der Waals surface area contributed by atoms with E-state index < -0.39 is 0 Å². The number of fused-ring (bicyclic) bond motifs is 6. The van der Waals surface area contributed by atoms with Gasteiger partial charge in [-0.2, -0.15) is 0 Å². The molecule has 1 aromatic heterocycles. The van der Waals surface area contributed by atoms with E-state index in [9.17, 15) is 0 Å². The second-order valence-electron chi connectivity index (χ2n) is 12.9. The zero-order valence-electron chi connectivity index (χ0n) is 26.3. The first kappa shape index (κ1) is 27.4. The molecule has 8 aromatic rings. The van der Waals surface area contributed by atoms with Crippen LogP contribution in [0.15, 0.2) is 152 Å². The third kappa shape index (κ3) is 4.54. The van der Waals surface area contributed by atoms with E-state index in [-0.39, 0.29) is 5.41 Å². The molecule has 0 unspecified atom stereocenters. The third-order valence-electron chi connectivity index (χ3n) is 9.69. The molecule has 7 aromatic carbocycles. The fourth-order valence-corrected chi connectivity index (χ4v) is 7.21. The van der Waals surface area contributed by atoms with E-state index in [2.05, 4.69) is 105 Å². The van der Waals surface area contributed by atoms with Crippen molar-refractivity contribution in [1.82, 2.24) is 15.0 Å². The number of hydrogen-bond donors (Lipinski definition) is 0. The summed E-state index contributed by atoms with van der Waals surface area (Å²) in [5.41, 5.74) is 10.6. The monoisotopic (exact) mass is 601 g/mol. The smallest absolute Gasteiger partial charge is 0.164 e. The first-order valence-corrected chi connectivity index (χ1v) is 16.1. The lowest BCUT2D eigenvalue weighted by Crippen LogP contribution is -2.14. The number of hydrogen-bond acceptors (Lipinski definition) is 3. The van der Waals surface area contributed by atoms with Gasteiger partial charge in [0.1, 0.15) is 0 Å². The molecule has 1 heterocycles. The lowest BCUT2D eigenvalue weighted by Gasteiger charge is -2.21. The van der Waals surface area contributed by atoms with Gasteiger partial charge in [-0.25, -0.2) is 15.0 Å². The highest BCUT2D eigenvalue weighted by molar-refractivity contribution is 6.11. The van der Waals surface area contributed by atoms with Crippen LogP contribution in [0.2, 0.25) is 0 Å². The number of rotatable bonds is 4. The van der Waals surface area contributed by atoms with Crippen molar-refractivity contribution in [2.45, 2.75) is 19.3 Å². The minimum atomic E-state index is -0.0207. The quantitative estimate of drug-likeness (QED) is 0.188. The predicted molar refractivity (Wildman–Crippen MR) is 194 cm³/mol. The summed E-state index contributed by atoms with van der Waals surface area (Å²) in [7, 11) is 0. The molecule has 0 N–H and O–H groups in total. The molecule has 0 bridgehead atoms. The molecule has 0 atom stereocenters. The van der Waals surface area contributed by atoms with E-state index in [1.54, 1.807) is 0 Å². The van der Waals surface area contributed by atoms with Gasteiger partial charge in [-0.3, -0.25) is 0 Å². The minimum Gasteiger partial charge on any atom is -0.208 e. The van der Waals surface area contributed by atoms with E-state index in [1.807, 2.05) is 60.7 Å². The summed E-state index contributed by atoms with van der Waals surface area (Å²) in [6.45, 7) is 4.68. The molecular formula is C44H31N3. The normalized spacial score (nSPS) is 13.1. The molecule has 0 spiro atoms. The van der Waals surface area contributed by atoms with Crippen molar-refractivity contribution in [3.63, 3.8) is 0 Å². The summed E-state index contributed by atoms with van der Waals surface area (Å²) in [6.07, 6.45) is 0. The van der Waals surface area contributed by atoms with Crippen molar-refractivity contribution in [3.05, 3.63) is 163 Å². The van der Waals surface area contributed by atoms with Gasteiger partial charge < -0.3 is 0 Å². The first-order chi connectivity index (χ1) is 23.0. The van der Waals surface area contributed by atoms with Gasteiger partial charge in [0.05, 0.1) is 0 Å². The number of aromatic nitrogens is 3. The Bertz CT molecular complexity index is 2420. The van der Waals surface area contributed by atoms with Gasteiger partial charge in [-0.05, 0) is 79.2 Å². The zero-order chi connectivity index (χ0) is 31.5. The Labute approximate surface area is 274 Å². The van der Waals surface area contributed by atoms with Crippen molar-refractivity contribution in [1.29, 1.82) is 0 Å². The Balaban J connectivity index is 1.18. The molecule has 1 aliphatic rings. The molecule has 3 heteroatoms. The largest absolute Gasteiger partial charge is 0.208 e. The van der Waals surface area contributed by atoms with E-state index in [1.165, 1.54) is 43.8 Å². The Morgan fingerprint density at radius 3 is 1.62 bits per heavy atom. The van der Waals surface area contributed by atoms with Gasteiger partial charge in [0, 0.05) is 22.1 Å². The van der Waals surface area contributed by atoms with Gasteiger partial charge in [-0.15, -0.1) is 0 Å². The van der Waals surface area contributed by atoms with Gasteiger partial charge in [0.15, 0.2) is 17.5 Å². The Morgan fingerprint density at radius 2 is 0.894 bits per heavy atom. The highest BCUT2D eigenvalue weighted by Gasteiger charge is 2.35. The van der Waals surface area contributed by atoms with Crippen molar-refractivity contribution in [2.24, 2.45) is 0 Å². The van der Waals surface area contributed by atoms with Crippen molar-refractivity contribution < 1.29 is 0 Å². The molecule has 0 saturated carbocycles.